The first-order valence-electron chi connectivity index (χ1n) is 8.35. The van der Waals surface area contributed by atoms with Crippen LogP contribution in [0.25, 0.3) is 6.08 Å². The fraction of sp³-hybridized carbons (Fsp3) is 0.529. The summed E-state index contributed by atoms with van der Waals surface area (Å²) in [5, 5.41) is 3.82. The van der Waals surface area contributed by atoms with Crippen molar-refractivity contribution < 1.29 is 26.0 Å². The fourth-order valence-corrected chi connectivity index (χ4v) is 2.48. The Hall–Kier alpha value is -1.67. The second kappa shape index (κ2) is 10.4. The normalized spacial score (nSPS) is 17.8. The number of rotatable bonds is 8. The third-order valence-corrected chi connectivity index (χ3v) is 3.89. The Labute approximate surface area is 153 Å². The van der Waals surface area contributed by atoms with E-state index < -0.39 is 0 Å². The molecule has 2 rings (SSSR count). The molecule has 1 aliphatic rings. The maximum Gasteiger partial charge on any atom is 0.268 e. The number of nitrogens with zero attached hydrogens (tertiary/aromatic N) is 2. The summed E-state index contributed by atoms with van der Waals surface area (Å²) in [4.78, 5) is 23.4. The van der Waals surface area contributed by atoms with E-state index in [0.29, 0.717) is 17.4 Å². The van der Waals surface area contributed by atoms with Crippen molar-refractivity contribution in [3.8, 4) is 0 Å². The minimum atomic E-state index is -0.362. The van der Waals surface area contributed by atoms with Gasteiger partial charge in [0.15, 0.2) is 23.7 Å². The molecule has 1 saturated heterocycles. The van der Waals surface area contributed by atoms with E-state index in [1.807, 2.05) is 14.1 Å². The van der Waals surface area contributed by atoms with E-state index >= 15 is 0 Å². The highest BCUT2D eigenvalue weighted by Crippen LogP contribution is 2.15. The van der Waals surface area contributed by atoms with Crippen LogP contribution in [0.2, 0.25) is 5.02 Å². The molecular weight excluding hydrogens is 344 g/mol. The van der Waals surface area contributed by atoms with Crippen molar-refractivity contribution in [1.82, 2.24) is 15.4 Å². The zero-order valence-electron chi connectivity index (χ0n) is 14.7. The van der Waals surface area contributed by atoms with Gasteiger partial charge in [0.1, 0.15) is 0 Å². The minimum absolute atomic E-state index is 0.353. The molecule has 1 aromatic heterocycles. The van der Waals surface area contributed by atoms with Gasteiger partial charge < -0.3 is 15.0 Å². The Kier molecular flexibility index (Phi) is 8.14. The van der Waals surface area contributed by atoms with Gasteiger partial charge in [-0.15, -0.1) is 0 Å². The lowest BCUT2D eigenvalue weighted by Gasteiger charge is -2.21. The number of carbonyl (C=O) groups is 1. The maximum atomic E-state index is 11.8. The van der Waals surface area contributed by atoms with Crippen LogP contribution in [-0.4, -0.2) is 55.9 Å². The zero-order valence-corrected chi connectivity index (χ0v) is 15.5. The summed E-state index contributed by atoms with van der Waals surface area (Å²) < 4.78 is 5.37. The monoisotopic (exact) mass is 369 g/mol. The SMILES string of the molecule is CN(C)CCNc1ncc(/C=C/C(=O)NOC2CCCCO2)cc1[ClH+]. The van der Waals surface area contributed by atoms with Crippen LogP contribution in [-0.2, 0) is 14.4 Å². The number of pyridine rings is 1. The molecule has 138 valence electrons. The summed E-state index contributed by atoms with van der Waals surface area (Å²) in [7, 11) is 4.01. The number of aromatic nitrogens is 1. The van der Waals surface area contributed by atoms with Crippen LogP contribution in [0.3, 0.4) is 0 Å². The lowest BCUT2D eigenvalue weighted by atomic mass is 10.2. The number of anilines is 1. The van der Waals surface area contributed by atoms with Crippen LogP contribution >= 0.6 is 0 Å². The van der Waals surface area contributed by atoms with Gasteiger partial charge >= 0.3 is 0 Å². The molecule has 0 aromatic carbocycles. The van der Waals surface area contributed by atoms with Crippen molar-refractivity contribution in [1.29, 1.82) is 0 Å². The largest absolute Gasteiger partial charge is 0.364 e. The van der Waals surface area contributed by atoms with Crippen molar-refractivity contribution in [3.05, 3.63) is 28.9 Å². The van der Waals surface area contributed by atoms with Crippen LogP contribution < -0.4 is 10.8 Å². The van der Waals surface area contributed by atoms with Crippen LogP contribution in [0.15, 0.2) is 18.3 Å². The molecule has 0 radical (unpaired) electrons. The van der Waals surface area contributed by atoms with Crippen molar-refractivity contribution in [2.75, 3.05) is 39.1 Å². The minimum Gasteiger partial charge on any atom is -0.364 e. The molecule has 0 spiro atoms. The number of nitrogens with one attached hydrogen (secondary N) is 2. The summed E-state index contributed by atoms with van der Waals surface area (Å²) in [6.45, 7) is 2.32. The van der Waals surface area contributed by atoms with E-state index in [2.05, 4.69) is 20.7 Å². The number of hydrogen-bond acceptors (Lipinski definition) is 6. The predicted octanol–water partition coefficient (Wildman–Crippen LogP) is 1.34. The van der Waals surface area contributed by atoms with Gasteiger partial charge in [0.2, 0.25) is 0 Å². The standard InChI is InChI=1S/C17H25ClN4O3/c1-22(2)9-8-19-17-14(18)11-13(12-20-17)6-7-15(23)21-25-16-5-3-4-10-24-16/h6-7,11-12,16,18H,3-5,8-10H2,1-2H3,(H-,19,20,21,23)/p+1. The van der Waals surface area contributed by atoms with E-state index in [9.17, 15) is 4.79 Å². The van der Waals surface area contributed by atoms with Gasteiger partial charge in [-0.3, -0.25) is 4.79 Å². The first-order valence-corrected chi connectivity index (χ1v) is 8.76. The van der Waals surface area contributed by atoms with Crippen LogP contribution in [0, 0.1) is 11.6 Å². The molecule has 1 atom stereocenters. The van der Waals surface area contributed by atoms with E-state index in [1.165, 1.54) is 6.08 Å². The molecule has 1 aliphatic heterocycles. The fourth-order valence-electron chi connectivity index (χ4n) is 2.22. The maximum absolute atomic E-state index is 11.8. The summed E-state index contributed by atoms with van der Waals surface area (Å²) in [5.74, 6) is 0.324. The number of hydrogen-bond donors (Lipinski definition) is 2. The highest BCUT2D eigenvalue weighted by molar-refractivity contribution is 5.90. The Bertz CT molecular complexity index is 589. The molecular formula is C17H26ClN4O3+. The Morgan fingerprint density at radius 2 is 2.36 bits per heavy atom. The Morgan fingerprint density at radius 3 is 3.04 bits per heavy atom. The van der Waals surface area contributed by atoms with Crippen molar-refractivity contribution in [2.24, 2.45) is 0 Å². The van der Waals surface area contributed by atoms with Gasteiger partial charge in [-0.2, -0.15) is 0 Å². The first-order chi connectivity index (χ1) is 12.0. The van der Waals surface area contributed by atoms with Crippen LogP contribution in [0.4, 0.5) is 5.82 Å². The quantitative estimate of drug-likeness (QED) is 0.532. The van der Waals surface area contributed by atoms with Crippen molar-refractivity contribution >= 4 is 17.8 Å². The average Bonchev–Trinajstić information content (AvgIpc) is 2.60. The van der Waals surface area contributed by atoms with Gasteiger partial charge in [-0.1, -0.05) is 0 Å². The highest BCUT2D eigenvalue weighted by atomic mass is 35.5. The number of likely N-dealkylation sites (N-methyl/N-ethyl adjacent to an activating group) is 1. The second-order valence-corrected chi connectivity index (χ2v) is 6.50. The smallest absolute Gasteiger partial charge is 0.268 e. The molecule has 0 aliphatic carbocycles. The Balaban J connectivity index is 1.79. The number of halogens is 1. The zero-order chi connectivity index (χ0) is 18.1. The molecule has 25 heavy (non-hydrogen) atoms. The summed E-state index contributed by atoms with van der Waals surface area (Å²) >= 11 is 5.32. The molecule has 1 unspecified atom stereocenters. The van der Waals surface area contributed by atoms with Crippen LogP contribution in [0.1, 0.15) is 24.8 Å². The number of hydroxylamine groups is 1. The first kappa shape index (κ1) is 19.7. The molecule has 0 saturated carbocycles. The molecule has 0 bridgehead atoms. The summed E-state index contributed by atoms with van der Waals surface area (Å²) in [6.07, 6.45) is 7.20. The number of ether oxygens (including phenoxy) is 1. The molecule has 1 amide bonds. The van der Waals surface area contributed by atoms with E-state index in [0.717, 1.165) is 37.9 Å². The molecule has 7 nitrogen and oxygen atoms in total. The molecule has 2 N–H and O–H groups in total. The molecule has 2 heterocycles. The topological polar surface area (TPSA) is 75.7 Å². The second-order valence-electron chi connectivity index (χ2n) is 6.06. The van der Waals surface area contributed by atoms with E-state index in [1.54, 1.807) is 18.3 Å². The third-order valence-electron chi connectivity index (χ3n) is 3.58. The van der Waals surface area contributed by atoms with E-state index in [4.69, 9.17) is 21.2 Å². The van der Waals surface area contributed by atoms with Gasteiger partial charge in [0.05, 0.1) is 0 Å². The molecule has 1 fully saturated rings. The summed E-state index contributed by atoms with van der Waals surface area (Å²) in [6, 6.07) is 1.80. The molecule has 8 heteroatoms. The lowest BCUT2D eigenvalue weighted by molar-refractivity contribution is -0.287. The Morgan fingerprint density at radius 1 is 1.52 bits per heavy atom. The number of amides is 1. The van der Waals surface area contributed by atoms with Gasteiger partial charge in [-0.05, 0) is 38.6 Å². The van der Waals surface area contributed by atoms with Gasteiger partial charge in [0.25, 0.3) is 10.9 Å². The summed E-state index contributed by atoms with van der Waals surface area (Å²) in [5.41, 5.74) is 3.13. The third kappa shape index (κ3) is 7.39. The average molecular weight is 370 g/mol. The highest BCUT2D eigenvalue weighted by Gasteiger charge is 2.15. The van der Waals surface area contributed by atoms with Crippen LogP contribution in [0.5, 0.6) is 0 Å². The van der Waals surface area contributed by atoms with Gasteiger partial charge in [-0.25, -0.2) is 15.3 Å². The molecule has 1 aromatic rings. The van der Waals surface area contributed by atoms with Crippen molar-refractivity contribution in [2.45, 2.75) is 25.6 Å². The predicted molar refractivity (Wildman–Crippen MR) is 93.7 cm³/mol. The lowest BCUT2D eigenvalue weighted by Crippen LogP contribution is -2.32. The van der Waals surface area contributed by atoms with Crippen molar-refractivity contribution in [3.63, 3.8) is 0 Å². The van der Waals surface area contributed by atoms with E-state index in [-0.39, 0.29) is 12.2 Å². The number of carbonyl (C=O) groups excluding carboxylic acids is 1. The van der Waals surface area contributed by atoms with Gasteiger partial charge in [0, 0.05) is 44.5 Å².